The summed E-state index contributed by atoms with van der Waals surface area (Å²) in [6.45, 7) is 0. The Bertz CT molecular complexity index is 689. The van der Waals surface area contributed by atoms with Gasteiger partial charge >= 0.3 is 0 Å². The van der Waals surface area contributed by atoms with E-state index in [0.717, 1.165) is 5.56 Å². The van der Waals surface area contributed by atoms with E-state index in [0.29, 0.717) is 17.2 Å². The highest BCUT2D eigenvalue weighted by molar-refractivity contribution is 5.92. The topological polar surface area (TPSA) is 73.6 Å². The highest BCUT2D eigenvalue weighted by Crippen LogP contribution is 2.27. The molecule has 22 heavy (non-hydrogen) atoms. The Labute approximate surface area is 127 Å². The zero-order valence-electron chi connectivity index (χ0n) is 12.4. The molecule has 0 saturated carbocycles. The molecule has 2 rings (SSSR count). The second-order valence-electron chi connectivity index (χ2n) is 4.65. The molecule has 0 aromatic heterocycles. The zero-order chi connectivity index (χ0) is 16.1. The van der Waals surface area contributed by atoms with Crippen LogP contribution < -0.4 is 20.5 Å². The minimum absolute atomic E-state index is 0.0103. The maximum absolute atomic E-state index is 13.1. The molecule has 0 unspecified atom stereocenters. The maximum Gasteiger partial charge on any atom is 0.228 e. The van der Waals surface area contributed by atoms with E-state index in [-0.39, 0.29) is 18.0 Å². The third-order valence-corrected chi connectivity index (χ3v) is 3.09. The Hall–Kier alpha value is -2.76. The molecule has 0 saturated heterocycles. The number of carbonyl (C=O) groups is 1. The molecule has 1 amide bonds. The lowest BCUT2D eigenvalue weighted by molar-refractivity contribution is -0.115. The van der Waals surface area contributed by atoms with Gasteiger partial charge in [0.2, 0.25) is 5.91 Å². The van der Waals surface area contributed by atoms with Crippen LogP contribution in [0.1, 0.15) is 5.56 Å². The second kappa shape index (κ2) is 6.80. The summed E-state index contributed by atoms with van der Waals surface area (Å²) in [5, 5.41) is 2.67. The molecule has 2 aromatic rings. The van der Waals surface area contributed by atoms with Crippen LogP contribution >= 0.6 is 0 Å². The second-order valence-corrected chi connectivity index (χ2v) is 4.65. The van der Waals surface area contributed by atoms with E-state index < -0.39 is 5.82 Å². The molecule has 0 spiro atoms. The first-order chi connectivity index (χ1) is 10.5. The number of hydrogen-bond acceptors (Lipinski definition) is 4. The molecule has 0 aliphatic carbocycles. The SMILES string of the molecule is COc1ccc(CC(=O)Nc2ccc(F)c(N)c2)cc1OC. The molecule has 2 aromatic carbocycles. The molecular weight excluding hydrogens is 287 g/mol. The lowest BCUT2D eigenvalue weighted by Gasteiger charge is -2.10. The molecule has 0 atom stereocenters. The summed E-state index contributed by atoms with van der Waals surface area (Å²) in [7, 11) is 3.08. The number of anilines is 2. The van der Waals surface area contributed by atoms with Gasteiger partial charge in [-0.2, -0.15) is 0 Å². The zero-order valence-corrected chi connectivity index (χ0v) is 12.4. The van der Waals surface area contributed by atoms with Gasteiger partial charge in [-0.3, -0.25) is 4.79 Å². The van der Waals surface area contributed by atoms with E-state index >= 15 is 0 Å². The third-order valence-electron chi connectivity index (χ3n) is 3.09. The first kappa shape index (κ1) is 15.6. The molecule has 3 N–H and O–H groups in total. The molecule has 0 aliphatic rings. The predicted molar refractivity (Wildman–Crippen MR) is 82.7 cm³/mol. The summed E-state index contributed by atoms with van der Waals surface area (Å²) in [5.41, 5.74) is 6.67. The van der Waals surface area contributed by atoms with Gasteiger partial charge in [0.05, 0.1) is 26.3 Å². The molecule has 6 heteroatoms. The van der Waals surface area contributed by atoms with Crippen molar-refractivity contribution in [2.45, 2.75) is 6.42 Å². The Morgan fingerprint density at radius 2 is 1.86 bits per heavy atom. The molecular formula is C16H17FN2O3. The van der Waals surface area contributed by atoms with E-state index in [9.17, 15) is 9.18 Å². The fourth-order valence-electron chi connectivity index (χ4n) is 2.00. The predicted octanol–water partition coefficient (Wildman–Crippen LogP) is 2.61. The first-order valence-corrected chi connectivity index (χ1v) is 6.59. The van der Waals surface area contributed by atoms with Crippen LogP contribution in [0.5, 0.6) is 11.5 Å². The highest BCUT2D eigenvalue weighted by atomic mass is 19.1. The van der Waals surface area contributed by atoms with Gasteiger partial charge in [-0.1, -0.05) is 6.07 Å². The van der Waals surface area contributed by atoms with Gasteiger partial charge in [0, 0.05) is 5.69 Å². The Balaban J connectivity index is 2.07. The van der Waals surface area contributed by atoms with E-state index in [1.165, 1.54) is 25.3 Å². The Morgan fingerprint density at radius 3 is 2.50 bits per heavy atom. The summed E-state index contributed by atoms with van der Waals surface area (Å²) in [5.74, 6) is 0.396. The fraction of sp³-hybridized carbons (Fsp3) is 0.188. The average Bonchev–Trinajstić information content (AvgIpc) is 2.50. The standard InChI is InChI=1S/C16H17FN2O3/c1-21-14-6-3-10(7-15(14)22-2)8-16(20)19-11-4-5-12(17)13(18)9-11/h3-7,9H,8,18H2,1-2H3,(H,19,20). The van der Waals surface area contributed by atoms with Crippen LogP contribution in [0.25, 0.3) is 0 Å². The summed E-state index contributed by atoms with van der Waals surface area (Å²) in [4.78, 5) is 12.0. The number of nitrogens with one attached hydrogen (secondary N) is 1. The van der Waals surface area contributed by atoms with Gasteiger partial charge in [-0.25, -0.2) is 4.39 Å². The summed E-state index contributed by atoms with van der Waals surface area (Å²) in [6, 6.07) is 9.29. The monoisotopic (exact) mass is 304 g/mol. The molecule has 0 aliphatic heterocycles. The number of nitrogens with two attached hydrogens (primary N) is 1. The van der Waals surface area contributed by atoms with Gasteiger partial charge in [-0.05, 0) is 35.9 Å². The van der Waals surface area contributed by atoms with Crippen molar-refractivity contribution in [2.24, 2.45) is 0 Å². The van der Waals surface area contributed by atoms with Gasteiger partial charge in [0.1, 0.15) is 5.82 Å². The molecule has 5 nitrogen and oxygen atoms in total. The van der Waals surface area contributed by atoms with Crippen LogP contribution in [0.15, 0.2) is 36.4 Å². The number of carbonyl (C=O) groups excluding carboxylic acids is 1. The van der Waals surface area contributed by atoms with Crippen molar-refractivity contribution in [1.29, 1.82) is 0 Å². The minimum atomic E-state index is -0.516. The molecule has 0 heterocycles. The number of ether oxygens (including phenoxy) is 2. The normalized spacial score (nSPS) is 10.1. The van der Waals surface area contributed by atoms with Gasteiger partial charge in [0.25, 0.3) is 0 Å². The van der Waals surface area contributed by atoms with Crippen LogP contribution in [0, 0.1) is 5.82 Å². The number of rotatable bonds is 5. The fourth-order valence-corrected chi connectivity index (χ4v) is 2.00. The van der Waals surface area contributed by atoms with Crippen LogP contribution in [0.2, 0.25) is 0 Å². The van der Waals surface area contributed by atoms with Gasteiger partial charge in [0.15, 0.2) is 11.5 Å². The number of amides is 1. The lowest BCUT2D eigenvalue weighted by Crippen LogP contribution is -2.14. The highest BCUT2D eigenvalue weighted by Gasteiger charge is 2.09. The van der Waals surface area contributed by atoms with Gasteiger partial charge in [-0.15, -0.1) is 0 Å². The Kier molecular flexibility index (Phi) is 4.83. The number of nitrogen functional groups attached to an aromatic ring is 1. The number of halogens is 1. The molecule has 0 fully saturated rings. The molecule has 116 valence electrons. The van der Waals surface area contributed by atoms with E-state index in [2.05, 4.69) is 5.32 Å². The quantitative estimate of drug-likeness (QED) is 0.833. The number of benzene rings is 2. The van der Waals surface area contributed by atoms with Crippen molar-refractivity contribution in [3.8, 4) is 11.5 Å². The van der Waals surface area contributed by atoms with Crippen molar-refractivity contribution in [1.82, 2.24) is 0 Å². The van der Waals surface area contributed by atoms with Crippen LogP contribution in [0.3, 0.4) is 0 Å². The lowest BCUT2D eigenvalue weighted by atomic mass is 10.1. The first-order valence-electron chi connectivity index (χ1n) is 6.59. The van der Waals surface area contributed by atoms with Crippen LogP contribution in [0.4, 0.5) is 15.8 Å². The maximum atomic E-state index is 13.1. The van der Waals surface area contributed by atoms with E-state index in [1.807, 2.05) is 0 Å². The van der Waals surface area contributed by atoms with Gasteiger partial charge < -0.3 is 20.5 Å². The number of hydrogen-bond donors (Lipinski definition) is 2. The average molecular weight is 304 g/mol. The Morgan fingerprint density at radius 1 is 1.14 bits per heavy atom. The van der Waals surface area contributed by atoms with Crippen molar-refractivity contribution < 1.29 is 18.7 Å². The van der Waals surface area contributed by atoms with Crippen LogP contribution in [-0.4, -0.2) is 20.1 Å². The van der Waals surface area contributed by atoms with Crippen molar-refractivity contribution in [3.63, 3.8) is 0 Å². The molecule has 0 radical (unpaired) electrons. The van der Waals surface area contributed by atoms with Crippen molar-refractivity contribution in [3.05, 3.63) is 47.8 Å². The van der Waals surface area contributed by atoms with Crippen molar-refractivity contribution >= 4 is 17.3 Å². The van der Waals surface area contributed by atoms with E-state index in [1.54, 1.807) is 25.3 Å². The smallest absolute Gasteiger partial charge is 0.228 e. The van der Waals surface area contributed by atoms with E-state index in [4.69, 9.17) is 15.2 Å². The summed E-state index contributed by atoms with van der Waals surface area (Å²) >= 11 is 0. The number of methoxy groups -OCH3 is 2. The van der Waals surface area contributed by atoms with Crippen LogP contribution in [-0.2, 0) is 11.2 Å². The largest absolute Gasteiger partial charge is 0.493 e. The summed E-state index contributed by atoms with van der Waals surface area (Å²) < 4.78 is 23.4. The van der Waals surface area contributed by atoms with Crippen molar-refractivity contribution in [2.75, 3.05) is 25.3 Å². The third kappa shape index (κ3) is 3.66. The molecule has 0 bridgehead atoms. The summed E-state index contributed by atoms with van der Waals surface area (Å²) in [6.07, 6.45) is 0.150. The minimum Gasteiger partial charge on any atom is -0.493 e.